The molecule has 1 aliphatic carbocycles. The molecule has 1 heteroatoms. The Kier molecular flexibility index (Phi) is 9.82. The van der Waals surface area contributed by atoms with Crippen LogP contribution in [0.5, 0.6) is 0 Å². The molecule has 0 atom stereocenters. The van der Waals surface area contributed by atoms with Crippen molar-refractivity contribution in [2.24, 2.45) is 0 Å². The first kappa shape index (κ1) is 41.7. The molecular formula is C71H47N. The quantitative estimate of drug-likeness (QED) is 0.137. The van der Waals surface area contributed by atoms with Crippen molar-refractivity contribution in [3.05, 3.63) is 307 Å². The largest absolute Gasteiger partial charge is 0.310 e. The van der Waals surface area contributed by atoms with Crippen molar-refractivity contribution in [2.75, 3.05) is 4.90 Å². The Balaban J connectivity index is 0.882. The van der Waals surface area contributed by atoms with Gasteiger partial charge in [-0.05, 0) is 164 Å². The second-order valence-electron chi connectivity index (χ2n) is 19.2. The summed E-state index contributed by atoms with van der Waals surface area (Å²) in [5.41, 5.74) is 17.6. The number of benzene rings is 13. The fourth-order valence-electron chi connectivity index (χ4n) is 11.9. The number of nitrogens with zero attached hydrogens (tertiary/aromatic N) is 1. The molecule has 0 unspecified atom stereocenters. The highest BCUT2D eigenvalue weighted by Gasteiger charge is 2.46. The van der Waals surface area contributed by atoms with Gasteiger partial charge in [-0.25, -0.2) is 0 Å². The topological polar surface area (TPSA) is 3.24 Å². The first-order valence-corrected chi connectivity index (χ1v) is 25.0. The summed E-state index contributed by atoms with van der Waals surface area (Å²) in [6, 6.07) is 105. The van der Waals surface area contributed by atoms with Crippen LogP contribution in [0.3, 0.4) is 0 Å². The van der Waals surface area contributed by atoms with E-state index in [9.17, 15) is 0 Å². The predicted molar refractivity (Wildman–Crippen MR) is 305 cm³/mol. The average Bonchev–Trinajstić information content (AvgIpc) is 3.76. The molecule has 0 fully saturated rings. The van der Waals surface area contributed by atoms with Gasteiger partial charge in [0.15, 0.2) is 0 Å². The number of hydrogen-bond acceptors (Lipinski definition) is 1. The smallest absolute Gasteiger partial charge is 0.0713 e. The Morgan fingerprint density at radius 1 is 0.222 bits per heavy atom. The highest BCUT2D eigenvalue weighted by Crippen LogP contribution is 2.57. The first-order valence-electron chi connectivity index (χ1n) is 25.0. The van der Waals surface area contributed by atoms with Crippen molar-refractivity contribution in [1.29, 1.82) is 0 Å². The highest BCUT2D eigenvalue weighted by atomic mass is 15.1. The molecule has 0 heterocycles. The van der Waals surface area contributed by atoms with E-state index < -0.39 is 5.41 Å². The molecule has 0 spiro atoms. The Bertz CT molecular complexity index is 4150. The average molecular weight is 914 g/mol. The maximum absolute atomic E-state index is 2.45. The molecule has 14 rings (SSSR count). The van der Waals surface area contributed by atoms with Gasteiger partial charge in [-0.3, -0.25) is 0 Å². The third-order valence-corrected chi connectivity index (χ3v) is 15.3. The van der Waals surface area contributed by atoms with Crippen molar-refractivity contribution >= 4 is 60.2 Å². The van der Waals surface area contributed by atoms with Crippen molar-refractivity contribution in [2.45, 2.75) is 5.41 Å². The summed E-state index contributed by atoms with van der Waals surface area (Å²) < 4.78 is 0. The minimum atomic E-state index is -0.461. The van der Waals surface area contributed by atoms with Crippen LogP contribution >= 0.6 is 0 Å². The van der Waals surface area contributed by atoms with Crippen LogP contribution in [0.15, 0.2) is 285 Å². The molecule has 13 aromatic rings. The first-order chi connectivity index (χ1) is 35.7. The zero-order chi connectivity index (χ0) is 47.6. The Morgan fingerprint density at radius 3 is 1.22 bits per heavy atom. The van der Waals surface area contributed by atoms with Crippen LogP contribution in [-0.2, 0) is 5.41 Å². The normalized spacial score (nSPS) is 12.6. The van der Waals surface area contributed by atoms with Crippen LogP contribution in [0.1, 0.15) is 22.3 Å². The second kappa shape index (κ2) is 17.0. The zero-order valence-electron chi connectivity index (χ0n) is 39.6. The molecule has 0 aliphatic heterocycles. The van der Waals surface area contributed by atoms with Crippen LogP contribution in [0.25, 0.3) is 87.6 Å². The summed E-state index contributed by atoms with van der Waals surface area (Å²) >= 11 is 0. The van der Waals surface area contributed by atoms with Gasteiger partial charge in [0.1, 0.15) is 0 Å². The van der Waals surface area contributed by atoms with E-state index in [1.54, 1.807) is 0 Å². The van der Waals surface area contributed by atoms with Gasteiger partial charge in [0.2, 0.25) is 0 Å². The lowest BCUT2D eigenvalue weighted by Crippen LogP contribution is -2.28. The van der Waals surface area contributed by atoms with E-state index in [0.29, 0.717) is 0 Å². The van der Waals surface area contributed by atoms with Gasteiger partial charge in [0.25, 0.3) is 0 Å². The molecular weight excluding hydrogens is 867 g/mol. The van der Waals surface area contributed by atoms with Crippen LogP contribution in [0.4, 0.5) is 17.1 Å². The molecule has 0 radical (unpaired) electrons. The number of anilines is 3. The molecule has 0 saturated heterocycles. The standard InChI is InChI=1S/C71H47N/c1-3-17-58(18-4-1)71(59-19-5-2-6-20-59)69-25-12-11-24-65(69)66-43-38-57(47-70(66)71)49-36-41-61(42-37-49)72(60-39-34-48(35-40-60)55-32-30-52-28-26-50-14-7-9-22-63(50)67(52)45-55)62-21-13-16-54(44-62)56-33-31-53-29-27-51-15-8-10-23-64(51)68(53)46-56/h1-47H. The summed E-state index contributed by atoms with van der Waals surface area (Å²) in [6.45, 7) is 0. The van der Waals surface area contributed by atoms with Gasteiger partial charge in [-0.2, -0.15) is 0 Å². The Hall–Kier alpha value is -9.30. The highest BCUT2D eigenvalue weighted by molar-refractivity contribution is 6.10. The van der Waals surface area contributed by atoms with Crippen molar-refractivity contribution < 1.29 is 0 Å². The van der Waals surface area contributed by atoms with Crippen LogP contribution < -0.4 is 4.90 Å². The van der Waals surface area contributed by atoms with E-state index in [-0.39, 0.29) is 0 Å². The Labute approximate surface area is 420 Å². The number of fused-ring (bicyclic) bond motifs is 9. The van der Waals surface area contributed by atoms with Crippen LogP contribution in [-0.4, -0.2) is 0 Å². The molecule has 0 bridgehead atoms. The molecule has 72 heavy (non-hydrogen) atoms. The molecule has 0 saturated carbocycles. The molecule has 0 amide bonds. The van der Waals surface area contributed by atoms with E-state index in [4.69, 9.17) is 0 Å². The van der Waals surface area contributed by atoms with Gasteiger partial charge in [-0.15, -0.1) is 0 Å². The fraction of sp³-hybridized carbons (Fsp3) is 0.0141. The molecule has 336 valence electrons. The second-order valence-corrected chi connectivity index (χ2v) is 19.2. The lowest BCUT2D eigenvalue weighted by Gasteiger charge is -2.34. The summed E-state index contributed by atoms with van der Waals surface area (Å²) in [7, 11) is 0. The van der Waals surface area contributed by atoms with E-state index in [1.807, 2.05) is 0 Å². The summed E-state index contributed by atoms with van der Waals surface area (Å²) in [5, 5.41) is 10.1. The SMILES string of the molecule is c1ccc(C2(c3ccccc3)c3ccccc3-c3ccc(-c4ccc(N(c5ccc(-c6ccc7ccc8ccccc8c7c6)cc5)c5cccc(-c6ccc7ccc8ccccc8c7c6)c5)cc4)cc32)cc1. The molecule has 1 nitrogen and oxygen atoms in total. The van der Waals surface area contributed by atoms with Crippen LogP contribution in [0.2, 0.25) is 0 Å². The molecule has 1 aliphatic rings. The van der Waals surface area contributed by atoms with E-state index in [1.165, 1.54) is 110 Å². The lowest BCUT2D eigenvalue weighted by molar-refractivity contribution is 0.769. The van der Waals surface area contributed by atoms with Gasteiger partial charge in [0, 0.05) is 17.1 Å². The summed E-state index contributed by atoms with van der Waals surface area (Å²) in [6.07, 6.45) is 0. The summed E-state index contributed by atoms with van der Waals surface area (Å²) in [4.78, 5) is 2.40. The summed E-state index contributed by atoms with van der Waals surface area (Å²) in [5.74, 6) is 0. The van der Waals surface area contributed by atoms with Gasteiger partial charge >= 0.3 is 0 Å². The fourth-order valence-corrected chi connectivity index (χ4v) is 11.9. The van der Waals surface area contributed by atoms with Gasteiger partial charge < -0.3 is 4.90 Å². The maximum atomic E-state index is 2.45. The van der Waals surface area contributed by atoms with E-state index >= 15 is 0 Å². The lowest BCUT2D eigenvalue weighted by atomic mass is 9.67. The molecule has 0 N–H and O–H groups in total. The molecule has 13 aromatic carbocycles. The zero-order valence-corrected chi connectivity index (χ0v) is 39.6. The van der Waals surface area contributed by atoms with E-state index in [2.05, 4.69) is 290 Å². The molecule has 0 aromatic heterocycles. The van der Waals surface area contributed by atoms with Crippen molar-refractivity contribution in [3.8, 4) is 44.5 Å². The monoisotopic (exact) mass is 913 g/mol. The van der Waals surface area contributed by atoms with Gasteiger partial charge in [0.05, 0.1) is 5.41 Å². The van der Waals surface area contributed by atoms with Gasteiger partial charge in [-0.1, -0.05) is 231 Å². The third-order valence-electron chi connectivity index (χ3n) is 15.3. The third kappa shape index (κ3) is 6.77. The predicted octanol–water partition coefficient (Wildman–Crippen LogP) is 19.1. The number of rotatable bonds is 8. The minimum absolute atomic E-state index is 0.461. The van der Waals surface area contributed by atoms with Crippen molar-refractivity contribution in [1.82, 2.24) is 0 Å². The Morgan fingerprint density at radius 2 is 0.639 bits per heavy atom. The maximum Gasteiger partial charge on any atom is 0.0713 e. The number of hydrogen-bond donors (Lipinski definition) is 0. The van der Waals surface area contributed by atoms with Crippen molar-refractivity contribution in [3.63, 3.8) is 0 Å². The minimum Gasteiger partial charge on any atom is -0.310 e. The van der Waals surface area contributed by atoms with E-state index in [0.717, 1.165) is 17.1 Å². The van der Waals surface area contributed by atoms with Crippen LogP contribution in [0, 0.1) is 0 Å².